The van der Waals surface area contributed by atoms with Crippen LogP contribution in [0.4, 0.5) is 5.69 Å². The van der Waals surface area contributed by atoms with Crippen molar-refractivity contribution in [3.63, 3.8) is 0 Å². The number of nitrogens with one attached hydrogen (secondary N) is 1. The van der Waals surface area contributed by atoms with Gasteiger partial charge in [-0.05, 0) is 37.5 Å². The molecule has 0 aliphatic heterocycles. The summed E-state index contributed by atoms with van der Waals surface area (Å²) in [6.07, 6.45) is 3.26. The number of methoxy groups -OCH3 is 1. The SMILES string of the molecule is COc1ccc(C)cc1NC(=O)CCc1nn2c(C3CC3)nnc2s1. The van der Waals surface area contributed by atoms with E-state index in [4.69, 9.17) is 4.74 Å². The van der Waals surface area contributed by atoms with Crippen molar-refractivity contribution < 1.29 is 9.53 Å². The Hall–Kier alpha value is -2.48. The standard InChI is InChI=1S/C17H19N5O2S/c1-10-3-6-13(24-2)12(9-10)18-14(23)7-8-15-21-22-16(11-4-5-11)19-20-17(22)25-15/h3,6,9,11H,4-5,7-8H2,1-2H3,(H,18,23). The number of hydrogen-bond donors (Lipinski definition) is 1. The molecule has 1 saturated carbocycles. The van der Waals surface area contributed by atoms with Crippen LogP contribution < -0.4 is 10.1 Å². The number of anilines is 1. The molecule has 8 heteroatoms. The van der Waals surface area contributed by atoms with Crippen LogP contribution in [-0.2, 0) is 11.2 Å². The molecule has 3 aromatic rings. The molecule has 25 heavy (non-hydrogen) atoms. The molecule has 130 valence electrons. The second-order valence-electron chi connectivity index (χ2n) is 6.27. The molecule has 1 fully saturated rings. The summed E-state index contributed by atoms with van der Waals surface area (Å²) in [4.78, 5) is 13.1. The number of rotatable bonds is 6. The minimum absolute atomic E-state index is 0.0581. The zero-order valence-corrected chi connectivity index (χ0v) is 15.0. The maximum Gasteiger partial charge on any atom is 0.234 e. The fraction of sp³-hybridized carbons (Fsp3) is 0.412. The Balaban J connectivity index is 1.41. The topological polar surface area (TPSA) is 81.4 Å². The van der Waals surface area contributed by atoms with Crippen molar-refractivity contribution in [2.24, 2.45) is 0 Å². The molecular weight excluding hydrogens is 338 g/mol. The number of nitrogens with zero attached hydrogens (tertiary/aromatic N) is 4. The van der Waals surface area contributed by atoms with Crippen LogP contribution in [0.15, 0.2) is 18.2 Å². The first kappa shape index (κ1) is 16.0. The van der Waals surface area contributed by atoms with Crippen molar-refractivity contribution in [2.75, 3.05) is 12.4 Å². The Bertz CT molecular complexity index is 928. The van der Waals surface area contributed by atoms with Crippen molar-refractivity contribution >= 4 is 27.9 Å². The molecule has 0 saturated heterocycles. The first-order valence-corrected chi connectivity index (χ1v) is 9.11. The van der Waals surface area contributed by atoms with Crippen LogP contribution >= 0.6 is 11.3 Å². The zero-order chi connectivity index (χ0) is 17.4. The summed E-state index contributed by atoms with van der Waals surface area (Å²) in [6.45, 7) is 1.98. The van der Waals surface area contributed by atoms with E-state index in [1.165, 1.54) is 11.3 Å². The third-order valence-electron chi connectivity index (χ3n) is 4.19. The van der Waals surface area contributed by atoms with Gasteiger partial charge in [0.1, 0.15) is 10.8 Å². The van der Waals surface area contributed by atoms with Crippen molar-refractivity contribution in [3.05, 3.63) is 34.6 Å². The molecule has 1 amide bonds. The van der Waals surface area contributed by atoms with Crippen LogP contribution in [0.5, 0.6) is 5.75 Å². The molecule has 0 radical (unpaired) electrons. The molecule has 0 spiro atoms. The highest BCUT2D eigenvalue weighted by Gasteiger charge is 2.30. The lowest BCUT2D eigenvalue weighted by molar-refractivity contribution is -0.116. The van der Waals surface area contributed by atoms with E-state index in [0.29, 0.717) is 30.2 Å². The van der Waals surface area contributed by atoms with Crippen LogP contribution in [0.3, 0.4) is 0 Å². The summed E-state index contributed by atoms with van der Waals surface area (Å²) in [6, 6.07) is 5.71. The van der Waals surface area contributed by atoms with Gasteiger partial charge in [0.2, 0.25) is 10.9 Å². The summed E-state index contributed by atoms with van der Waals surface area (Å²) in [7, 11) is 1.59. The minimum Gasteiger partial charge on any atom is -0.495 e. The lowest BCUT2D eigenvalue weighted by atomic mass is 10.2. The summed E-state index contributed by atoms with van der Waals surface area (Å²) in [5.41, 5.74) is 1.76. The van der Waals surface area contributed by atoms with E-state index in [1.54, 1.807) is 7.11 Å². The molecule has 2 aromatic heterocycles. The number of amides is 1. The van der Waals surface area contributed by atoms with Gasteiger partial charge in [0.25, 0.3) is 0 Å². The molecule has 1 N–H and O–H groups in total. The van der Waals surface area contributed by atoms with Gasteiger partial charge in [-0.3, -0.25) is 4.79 Å². The van der Waals surface area contributed by atoms with E-state index in [2.05, 4.69) is 20.6 Å². The molecule has 0 unspecified atom stereocenters. The first-order chi connectivity index (χ1) is 12.1. The highest BCUT2D eigenvalue weighted by molar-refractivity contribution is 7.16. The Kier molecular flexibility index (Phi) is 4.12. The predicted molar refractivity (Wildman–Crippen MR) is 95.3 cm³/mol. The molecule has 1 aromatic carbocycles. The van der Waals surface area contributed by atoms with Crippen LogP contribution in [0.2, 0.25) is 0 Å². The number of carbonyl (C=O) groups excluding carboxylic acids is 1. The van der Waals surface area contributed by atoms with Crippen molar-refractivity contribution in [1.29, 1.82) is 0 Å². The van der Waals surface area contributed by atoms with Gasteiger partial charge < -0.3 is 10.1 Å². The van der Waals surface area contributed by atoms with Crippen molar-refractivity contribution in [1.82, 2.24) is 19.8 Å². The van der Waals surface area contributed by atoms with Gasteiger partial charge >= 0.3 is 0 Å². The molecule has 4 rings (SSSR count). The van der Waals surface area contributed by atoms with Crippen LogP contribution in [0.1, 0.15) is 41.6 Å². The number of hydrogen-bond acceptors (Lipinski definition) is 6. The number of aromatic nitrogens is 4. The average Bonchev–Trinajstić information content (AvgIpc) is 3.23. The van der Waals surface area contributed by atoms with Gasteiger partial charge in [0.05, 0.1) is 12.8 Å². The predicted octanol–water partition coefficient (Wildman–Crippen LogP) is 2.95. The maximum atomic E-state index is 12.3. The Morgan fingerprint density at radius 2 is 2.24 bits per heavy atom. The third-order valence-corrected chi connectivity index (χ3v) is 5.15. The number of carbonyl (C=O) groups is 1. The van der Waals surface area contributed by atoms with E-state index < -0.39 is 0 Å². The highest BCUT2D eigenvalue weighted by atomic mass is 32.1. The normalized spacial score (nSPS) is 14.0. The van der Waals surface area contributed by atoms with Gasteiger partial charge in [-0.1, -0.05) is 17.4 Å². The van der Waals surface area contributed by atoms with E-state index in [0.717, 1.165) is 34.2 Å². The smallest absolute Gasteiger partial charge is 0.234 e. The van der Waals surface area contributed by atoms with Crippen LogP contribution in [0, 0.1) is 6.92 Å². The monoisotopic (exact) mass is 357 g/mol. The minimum atomic E-state index is -0.0581. The Morgan fingerprint density at radius 3 is 3.00 bits per heavy atom. The Labute approximate surface area is 149 Å². The number of fused-ring (bicyclic) bond motifs is 1. The fourth-order valence-corrected chi connectivity index (χ4v) is 3.56. The molecule has 0 atom stereocenters. The summed E-state index contributed by atoms with van der Waals surface area (Å²) in [5, 5.41) is 16.8. The molecule has 1 aliphatic rings. The average molecular weight is 357 g/mol. The highest BCUT2D eigenvalue weighted by Crippen LogP contribution is 2.39. The van der Waals surface area contributed by atoms with Gasteiger partial charge in [-0.25, -0.2) is 0 Å². The number of aryl methyl sites for hydroxylation is 2. The van der Waals surface area contributed by atoms with E-state index in [1.807, 2.05) is 29.6 Å². The van der Waals surface area contributed by atoms with E-state index in [-0.39, 0.29) is 5.91 Å². The quantitative estimate of drug-likeness (QED) is 0.733. The summed E-state index contributed by atoms with van der Waals surface area (Å²) >= 11 is 1.50. The number of benzene rings is 1. The molecule has 0 bridgehead atoms. The second kappa shape index (κ2) is 6.44. The van der Waals surface area contributed by atoms with Crippen molar-refractivity contribution in [2.45, 2.75) is 38.5 Å². The lowest BCUT2D eigenvalue weighted by Crippen LogP contribution is -2.13. The number of ether oxygens (including phenoxy) is 1. The maximum absolute atomic E-state index is 12.3. The molecule has 7 nitrogen and oxygen atoms in total. The van der Waals surface area contributed by atoms with Gasteiger partial charge in [0.15, 0.2) is 5.82 Å². The fourth-order valence-electron chi connectivity index (χ4n) is 2.72. The zero-order valence-electron chi connectivity index (χ0n) is 14.2. The van der Waals surface area contributed by atoms with Crippen LogP contribution in [0.25, 0.3) is 4.96 Å². The third kappa shape index (κ3) is 3.34. The second-order valence-corrected chi connectivity index (χ2v) is 7.32. The molecule has 2 heterocycles. The van der Waals surface area contributed by atoms with E-state index >= 15 is 0 Å². The van der Waals surface area contributed by atoms with Gasteiger partial charge in [-0.2, -0.15) is 9.61 Å². The molecular formula is C17H19N5O2S. The lowest BCUT2D eigenvalue weighted by Gasteiger charge is -2.10. The van der Waals surface area contributed by atoms with Crippen molar-refractivity contribution in [3.8, 4) is 5.75 Å². The summed E-state index contributed by atoms with van der Waals surface area (Å²) < 4.78 is 7.12. The largest absolute Gasteiger partial charge is 0.495 e. The first-order valence-electron chi connectivity index (χ1n) is 8.29. The van der Waals surface area contributed by atoms with Gasteiger partial charge in [0, 0.05) is 18.8 Å². The Morgan fingerprint density at radius 1 is 1.40 bits per heavy atom. The molecule has 1 aliphatic carbocycles. The summed E-state index contributed by atoms with van der Waals surface area (Å²) in [5.74, 6) is 2.05. The van der Waals surface area contributed by atoms with Gasteiger partial charge in [-0.15, -0.1) is 10.2 Å². The van der Waals surface area contributed by atoms with E-state index in [9.17, 15) is 4.79 Å². The van der Waals surface area contributed by atoms with Crippen LogP contribution in [-0.4, -0.2) is 32.8 Å².